The molecule has 6 saturated heterocycles. The van der Waals surface area contributed by atoms with Crippen LogP contribution in [0.2, 0.25) is 0 Å². The largest absolute Gasteiger partial charge is 0.396 e. The summed E-state index contributed by atoms with van der Waals surface area (Å²) in [5.41, 5.74) is 0.871. The topological polar surface area (TPSA) is 422 Å². The molecule has 0 aromatic heterocycles. The Balaban J connectivity index is 0.858. The molecule has 0 radical (unpaired) electrons. The van der Waals surface area contributed by atoms with Gasteiger partial charge in [0.25, 0.3) is 0 Å². The molecule has 27 heteroatoms. The molecule has 4 aliphatic carbocycles. The molecule has 27 nitrogen and oxygen atoms in total. The molecule has 15 N–H and O–H groups in total. The number of aliphatic hydroxyl groups is 15. The molecule has 10 rings (SSSR count). The van der Waals surface area contributed by atoms with Crippen LogP contribution in [0.4, 0.5) is 0 Å². The molecule has 33 atom stereocenters. The first-order valence-corrected chi connectivity index (χ1v) is 30.5. The van der Waals surface area contributed by atoms with Gasteiger partial charge in [-0.1, -0.05) is 52.7 Å². The van der Waals surface area contributed by atoms with Gasteiger partial charge in [0.15, 0.2) is 37.2 Å². The van der Waals surface area contributed by atoms with E-state index in [-0.39, 0.29) is 40.5 Å². The lowest BCUT2D eigenvalue weighted by molar-refractivity contribution is -0.406. The Bertz CT molecular complexity index is 2350. The highest BCUT2D eigenvalue weighted by Gasteiger charge is 2.72. The molecular weight excluding hydrogens is 1130 g/mol. The third-order valence-electron chi connectivity index (χ3n) is 22.6. The van der Waals surface area contributed by atoms with Gasteiger partial charge in [-0.25, -0.2) is 0 Å². The summed E-state index contributed by atoms with van der Waals surface area (Å²) in [5.74, 6) is 0.291. The molecule has 0 aromatic carbocycles. The van der Waals surface area contributed by atoms with Crippen molar-refractivity contribution in [1.82, 2.24) is 0 Å². The second kappa shape index (κ2) is 25.1. The molecule has 0 unspecified atom stereocenters. The van der Waals surface area contributed by atoms with Gasteiger partial charge in [0, 0.05) is 17.3 Å². The molecule has 0 amide bonds. The monoisotopic (exact) mass is 1220 g/mol. The Hall–Kier alpha value is -1.63. The number of rotatable bonds is 16. The fraction of sp³-hybridized carbons (Fsp3) is 0.948. The van der Waals surface area contributed by atoms with E-state index in [1.807, 2.05) is 13.8 Å². The van der Waals surface area contributed by atoms with Crippen LogP contribution in [-0.4, -0.2) is 281 Å². The number of carbonyl (C=O) groups is 1. The Morgan fingerprint density at radius 3 is 1.79 bits per heavy atom. The minimum absolute atomic E-state index is 0.0801. The van der Waals surface area contributed by atoms with Crippen molar-refractivity contribution >= 4 is 5.78 Å². The van der Waals surface area contributed by atoms with E-state index >= 15 is 0 Å². The lowest BCUT2D eigenvalue weighted by Gasteiger charge is -2.63. The zero-order valence-electron chi connectivity index (χ0n) is 49.4. The summed E-state index contributed by atoms with van der Waals surface area (Å²) in [6.45, 7) is 11.2. The van der Waals surface area contributed by atoms with Crippen LogP contribution in [0.15, 0.2) is 11.1 Å². The number of Topliss-reactive ketones (excluding diaryl/α,β-unsaturated/α-hetero) is 1. The normalized spacial score (nSPS) is 54.7. The highest BCUT2D eigenvalue weighted by Crippen LogP contribution is 2.75. The van der Waals surface area contributed by atoms with Gasteiger partial charge in [0.2, 0.25) is 0 Å². The number of carbonyl (C=O) groups excluding carboxylic acids is 1. The maximum Gasteiger partial charge on any atom is 0.187 e. The quantitative estimate of drug-likeness (QED) is 0.0664. The van der Waals surface area contributed by atoms with Crippen molar-refractivity contribution in [3.8, 4) is 0 Å². The molecule has 10 aliphatic rings. The SMILES string of the molecule is CCC(=O)[C@@H]1C[C@@H](C)[C@]2(CC[C@@]3(C)C4=C(CC[C@@]32C)[C@@]2(C)CC[C@H](O[C@@H]3O[C@H](CO[C@@H]5OC[C@H](O)[C@H](O)[C@H]5O[C@@H]5O[C@H](CO)[C@@H](O)[C@H](O[C@@H]6O[C@H](CO)[C@@H](O)[C@H](O)[C@H]6O)[C@H]5O[C@@H]5O[C@@H](C)[C@H](O)[C@@H](O)[C@H]5O)[C@@H](O)[C@H](O)[C@H]3O)[C@](C)(CO)[C@@H]2CC4)O1. The van der Waals surface area contributed by atoms with Crippen LogP contribution in [0.5, 0.6) is 0 Å². The van der Waals surface area contributed by atoms with E-state index < -0.39 is 197 Å². The maximum atomic E-state index is 13.0. The van der Waals surface area contributed by atoms with Crippen LogP contribution < -0.4 is 0 Å². The summed E-state index contributed by atoms with van der Waals surface area (Å²) in [4.78, 5) is 13.0. The van der Waals surface area contributed by atoms with Crippen molar-refractivity contribution < 1.29 is 133 Å². The van der Waals surface area contributed by atoms with Gasteiger partial charge in [-0.05, 0) is 87.4 Å². The number of fused-ring (bicyclic) bond motifs is 5. The van der Waals surface area contributed by atoms with Gasteiger partial charge >= 0.3 is 0 Å². The zero-order valence-corrected chi connectivity index (χ0v) is 49.4. The number of allylic oxidation sites excluding steroid dienone is 2. The summed E-state index contributed by atoms with van der Waals surface area (Å²) in [6.07, 6.45) is -36.8. The fourth-order valence-corrected chi connectivity index (χ4v) is 17.1. The number of ketones is 1. The first-order valence-electron chi connectivity index (χ1n) is 30.5. The van der Waals surface area contributed by atoms with Crippen LogP contribution in [0, 0.1) is 33.5 Å². The van der Waals surface area contributed by atoms with Crippen molar-refractivity contribution in [3.05, 3.63) is 11.1 Å². The van der Waals surface area contributed by atoms with E-state index in [2.05, 4.69) is 27.7 Å². The molecule has 0 aromatic rings. The molecule has 0 bridgehead atoms. The van der Waals surface area contributed by atoms with Gasteiger partial charge in [-0.2, -0.15) is 0 Å². The molecule has 488 valence electrons. The first kappa shape index (κ1) is 66.3. The van der Waals surface area contributed by atoms with Crippen molar-refractivity contribution in [3.63, 3.8) is 0 Å². The van der Waals surface area contributed by atoms with Crippen LogP contribution >= 0.6 is 0 Å². The smallest absolute Gasteiger partial charge is 0.187 e. The van der Waals surface area contributed by atoms with E-state index in [0.29, 0.717) is 19.3 Å². The first-order chi connectivity index (χ1) is 40.1. The Morgan fingerprint density at radius 2 is 1.14 bits per heavy atom. The van der Waals surface area contributed by atoms with Crippen molar-refractivity contribution in [1.29, 1.82) is 0 Å². The number of hydrogen-bond acceptors (Lipinski definition) is 27. The summed E-state index contributed by atoms with van der Waals surface area (Å²) < 4.78 is 67.3. The maximum absolute atomic E-state index is 13.0. The van der Waals surface area contributed by atoms with Gasteiger partial charge in [0.05, 0.1) is 50.8 Å². The highest BCUT2D eigenvalue weighted by atomic mass is 16.8. The van der Waals surface area contributed by atoms with E-state index in [9.17, 15) is 81.4 Å². The van der Waals surface area contributed by atoms with Crippen LogP contribution in [0.25, 0.3) is 0 Å². The lowest BCUT2D eigenvalue weighted by atomic mass is 9.42. The molecule has 8 fully saturated rings. The van der Waals surface area contributed by atoms with Crippen molar-refractivity contribution in [2.24, 2.45) is 33.5 Å². The summed E-state index contributed by atoms with van der Waals surface area (Å²) in [7, 11) is 0. The van der Waals surface area contributed by atoms with Crippen LogP contribution in [-0.2, 0) is 56.9 Å². The van der Waals surface area contributed by atoms with Crippen LogP contribution in [0.1, 0.15) is 113 Å². The van der Waals surface area contributed by atoms with E-state index in [0.717, 1.165) is 44.9 Å². The Labute approximate surface area is 493 Å². The van der Waals surface area contributed by atoms with Crippen molar-refractivity contribution in [2.45, 2.75) is 278 Å². The standard InChI is InChI=1S/C58H94O27/c1-8-27(62)29-17-23(2)58(85-29)16-15-56(6)26-9-10-33-54(4,25(26)11-14-57(56,58)7)13-12-34(55(33,5)22-61)81-50-44(73)42(71)38(67)32(80-50)21-76-52-47(36(65)28(63)20-75-52)83-53-48(84-49-43(72)40(69)35(64)24(3)77-49)46(39(68)31(19-60)79-53)82-51-45(74)41(70)37(66)30(18-59)78-51/h23-24,28-53,59-61,63-74H,8-22H2,1-7H3/t23-,24+,28+,29+,30-,31-,32-,33-,34+,35+,36+,37-,38-,39-,40-,41+,42+,43-,44-,45-,46+,47-,48-,49+,50+,51+,52+,53+,54-,55-,56+,57+,58+/m1/s1. The summed E-state index contributed by atoms with van der Waals surface area (Å²) in [6, 6.07) is 0. The molecule has 2 saturated carbocycles. The van der Waals surface area contributed by atoms with E-state index in [4.69, 9.17) is 52.1 Å². The minimum atomic E-state index is -2.05. The van der Waals surface area contributed by atoms with Gasteiger partial charge in [-0.3, -0.25) is 4.79 Å². The summed E-state index contributed by atoms with van der Waals surface area (Å²) >= 11 is 0. The van der Waals surface area contributed by atoms with Gasteiger partial charge < -0.3 is 129 Å². The third-order valence-corrected chi connectivity index (χ3v) is 22.6. The zero-order chi connectivity index (χ0) is 61.8. The lowest BCUT2D eigenvalue weighted by Crippen LogP contribution is -2.68. The molecule has 6 heterocycles. The van der Waals surface area contributed by atoms with E-state index in [1.54, 1.807) is 0 Å². The molecular formula is C58H94O27. The average Bonchev–Trinajstić information content (AvgIpc) is 1.64. The third kappa shape index (κ3) is 11.0. The fourth-order valence-electron chi connectivity index (χ4n) is 17.1. The molecule has 6 aliphatic heterocycles. The number of aliphatic hydroxyl groups excluding tert-OH is 15. The molecule has 85 heavy (non-hydrogen) atoms. The number of hydrogen-bond donors (Lipinski definition) is 15. The van der Waals surface area contributed by atoms with Crippen molar-refractivity contribution in [2.75, 3.05) is 33.0 Å². The van der Waals surface area contributed by atoms with Gasteiger partial charge in [0.1, 0.15) is 116 Å². The minimum Gasteiger partial charge on any atom is -0.396 e. The Morgan fingerprint density at radius 1 is 0.565 bits per heavy atom. The predicted molar refractivity (Wildman–Crippen MR) is 285 cm³/mol. The molecule has 1 spiro atoms. The Kier molecular flexibility index (Phi) is 19.6. The second-order valence-electron chi connectivity index (χ2n) is 26.9. The van der Waals surface area contributed by atoms with Crippen LogP contribution in [0.3, 0.4) is 0 Å². The van der Waals surface area contributed by atoms with Gasteiger partial charge in [-0.15, -0.1) is 0 Å². The predicted octanol–water partition coefficient (Wildman–Crippen LogP) is -3.62. The average molecular weight is 1220 g/mol. The summed E-state index contributed by atoms with van der Waals surface area (Å²) in [5, 5.41) is 165. The van der Waals surface area contributed by atoms with E-state index in [1.165, 1.54) is 18.1 Å². The highest BCUT2D eigenvalue weighted by molar-refractivity contribution is 5.83. The number of ether oxygens (including phenoxy) is 11. The second-order valence-corrected chi connectivity index (χ2v) is 26.9.